The number of carboxylic acid groups (broad SMARTS) is 1. The maximum absolute atomic E-state index is 12.5. The molecule has 232 valence electrons. The molecule has 1 aromatic carbocycles. The van der Waals surface area contributed by atoms with Crippen LogP contribution in [0.5, 0.6) is 11.5 Å². The van der Waals surface area contributed by atoms with Gasteiger partial charge in [-0.25, -0.2) is 19.2 Å². The normalized spacial score (nSPS) is 13.9. The van der Waals surface area contributed by atoms with E-state index in [9.17, 15) is 24.3 Å². The Morgan fingerprint density at radius 3 is 1.78 bits per heavy atom. The van der Waals surface area contributed by atoms with E-state index in [-0.39, 0.29) is 47.1 Å². The fourth-order valence-corrected chi connectivity index (χ4v) is 3.06. The van der Waals surface area contributed by atoms with Gasteiger partial charge < -0.3 is 33.5 Å². The Kier molecular flexibility index (Phi) is 12.9. The molecule has 0 aromatic heterocycles. The van der Waals surface area contributed by atoms with Crippen LogP contribution in [0.25, 0.3) is 0 Å². The Balaban J connectivity index is 3.44. The SMILES string of the molecule is CCC(C)N[C@@](Cc1ccc(OC(=O)OCC(C)(C)C)c(OC(=O)OCC(C)(C)C)c1)(OC(=O)OC(C)C)C(=O)O. The lowest BCUT2D eigenvalue weighted by molar-refractivity contribution is -0.167. The van der Waals surface area contributed by atoms with Crippen molar-refractivity contribution in [1.82, 2.24) is 5.32 Å². The van der Waals surface area contributed by atoms with Crippen molar-refractivity contribution >= 4 is 24.4 Å². The number of benzene rings is 1. The van der Waals surface area contributed by atoms with Gasteiger partial charge in [0, 0.05) is 12.5 Å². The Morgan fingerprint density at radius 2 is 1.34 bits per heavy atom. The highest BCUT2D eigenvalue weighted by Gasteiger charge is 2.45. The fourth-order valence-electron chi connectivity index (χ4n) is 3.06. The monoisotopic (exact) mass is 583 g/mol. The summed E-state index contributed by atoms with van der Waals surface area (Å²) in [6.45, 7) is 18.1. The third-order valence-corrected chi connectivity index (χ3v) is 5.12. The topological polar surface area (TPSA) is 156 Å². The maximum Gasteiger partial charge on any atom is 0.513 e. The lowest BCUT2D eigenvalue weighted by atomic mass is 9.99. The summed E-state index contributed by atoms with van der Waals surface area (Å²) in [5.41, 5.74) is -2.64. The summed E-state index contributed by atoms with van der Waals surface area (Å²) in [4.78, 5) is 49.7. The van der Waals surface area contributed by atoms with Crippen molar-refractivity contribution in [2.24, 2.45) is 10.8 Å². The Labute approximate surface area is 241 Å². The van der Waals surface area contributed by atoms with Crippen LogP contribution in [-0.2, 0) is 30.2 Å². The summed E-state index contributed by atoms with van der Waals surface area (Å²) in [6, 6.07) is 3.66. The summed E-state index contributed by atoms with van der Waals surface area (Å²) in [7, 11) is 0. The average molecular weight is 584 g/mol. The first-order valence-corrected chi connectivity index (χ1v) is 13.5. The summed E-state index contributed by atoms with van der Waals surface area (Å²) in [6.07, 6.45) is -3.70. The Morgan fingerprint density at radius 1 is 0.829 bits per heavy atom. The van der Waals surface area contributed by atoms with Gasteiger partial charge in [0.25, 0.3) is 5.72 Å². The summed E-state index contributed by atoms with van der Waals surface area (Å²) in [5, 5.41) is 13.0. The molecule has 12 nitrogen and oxygen atoms in total. The van der Waals surface area contributed by atoms with E-state index in [0.29, 0.717) is 6.42 Å². The number of carboxylic acids is 1. The number of carbonyl (C=O) groups is 4. The maximum atomic E-state index is 12.5. The molecule has 0 aliphatic heterocycles. The number of rotatable bonds is 12. The van der Waals surface area contributed by atoms with E-state index < -0.39 is 42.7 Å². The lowest BCUT2D eigenvalue weighted by Gasteiger charge is -2.32. The molecule has 0 aliphatic rings. The predicted octanol–water partition coefficient (Wildman–Crippen LogP) is 6.08. The molecule has 0 amide bonds. The van der Waals surface area contributed by atoms with Crippen LogP contribution >= 0.6 is 0 Å². The first-order chi connectivity index (χ1) is 18.7. The van der Waals surface area contributed by atoms with Crippen LogP contribution in [0.4, 0.5) is 14.4 Å². The number of carbonyl (C=O) groups excluding carboxylic acids is 3. The van der Waals surface area contributed by atoms with Gasteiger partial charge in [-0.1, -0.05) is 54.5 Å². The molecule has 2 N–H and O–H groups in total. The first kappa shape index (κ1) is 35.5. The van der Waals surface area contributed by atoms with Gasteiger partial charge in [0.15, 0.2) is 11.5 Å². The van der Waals surface area contributed by atoms with Gasteiger partial charge in [-0.2, -0.15) is 0 Å². The van der Waals surface area contributed by atoms with Gasteiger partial charge in [0.1, 0.15) is 0 Å². The van der Waals surface area contributed by atoms with Crippen molar-refractivity contribution in [2.75, 3.05) is 13.2 Å². The fraction of sp³-hybridized carbons (Fsp3) is 0.655. The molecule has 12 heteroatoms. The zero-order valence-electron chi connectivity index (χ0n) is 25.7. The molecule has 1 aromatic rings. The quantitative estimate of drug-likeness (QED) is 0.127. The van der Waals surface area contributed by atoms with Crippen LogP contribution in [0.15, 0.2) is 18.2 Å². The number of aliphatic carboxylic acids is 1. The van der Waals surface area contributed by atoms with E-state index in [1.54, 1.807) is 20.8 Å². The second-order valence-corrected chi connectivity index (χ2v) is 12.5. The molecule has 0 aliphatic carbocycles. The van der Waals surface area contributed by atoms with E-state index in [1.807, 2.05) is 48.5 Å². The van der Waals surface area contributed by atoms with E-state index in [2.05, 4.69) is 5.32 Å². The molecule has 41 heavy (non-hydrogen) atoms. The van der Waals surface area contributed by atoms with E-state index in [1.165, 1.54) is 18.2 Å². The van der Waals surface area contributed by atoms with Gasteiger partial charge >= 0.3 is 24.4 Å². The second kappa shape index (κ2) is 14.9. The van der Waals surface area contributed by atoms with Crippen molar-refractivity contribution in [1.29, 1.82) is 0 Å². The third kappa shape index (κ3) is 13.6. The Bertz CT molecular complexity index is 1060. The number of ether oxygens (including phenoxy) is 6. The van der Waals surface area contributed by atoms with Crippen molar-refractivity contribution in [2.45, 2.75) is 99.9 Å². The van der Waals surface area contributed by atoms with E-state index >= 15 is 0 Å². The molecule has 0 fully saturated rings. The standard InChI is InChI=1S/C29H45NO11/c1-11-19(4)30-29(23(31)32,41-26(35)38-18(2)3)15-20-12-13-21(39-24(33)36-16-27(5,6)7)22(14-20)40-25(34)37-17-28(8,9)10/h12-14,18-19,30H,11,15-17H2,1-10H3,(H,31,32)/t19?,29-/m0/s1. The van der Waals surface area contributed by atoms with Crippen LogP contribution in [0.1, 0.15) is 81.2 Å². The number of hydrogen-bond donors (Lipinski definition) is 2. The number of hydrogen-bond acceptors (Lipinski definition) is 11. The highest BCUT2D eigenvalue weighted by molar-refractivity contribution is 5.80. The zero-order valence-corrected chi connectivity index (χ0v) is 25.7. The van der Waals surface area contributed by atoms with Crippen molar-refractivity contribution in [3.8, 4) is 11.5 Å². The molecule has 0 spiro atoms. The third-order valence-electron chi connectivity index (χ3n) is 5.12. The molecule has 0 saturated carbocycles. The molecule has 0 radical (unpaired) electrons. The van der Waals surface area contributed by atoms with Crippen molar-refractivity contribution in [3.63, 3.8) is 0 Å². The zero-order chi connectivity index (χ0) is 31.6. The first-order valence-electron chi connectivity index (χ1n) is 13.5. The van der Waals surface area contributed by atoms with Crippen LogP contribution in [0.3, 0.4) is 0 Å². The minimum absolute atomic E-state index is 0.0437. The molecule has 0 bridgehead atoms. The smallest absolute Gasteiger partial charge is 0.477 e. The molecular weight excluding hydrogens is 538 g/mol. The van der Waals surface area contributed by atoms with Crippen LogP contribution in [0, 0.1) is 10.8 Å². The predicted molar refractivity (Wildman–Crippen MR) is 149 cm³/mol. The summed E-state index contributed by atoms with van der Waals surface area (Å²) in [5.74, 6) is -1.88. The van der Waals surface area contributed by atoms with Crippen molar-refractivity contribution in [3.05, 3.63) is 23.8 Å². The highest BCUT2D eigenvalue weighted by atomic mass is 16.8. The van der Waals surface area contributed by atoms with Gasteiger partial charge in [0.05, 0.1) is 19.3 Å². The molecular formula is C29H45NO11. The summed E-state index contributed by atoms with van der Waals surface area (Å²) < 4.78 is 31.3. The lowest BCUT2D eigenvalue weighted by Crippen LogP contribution is -2.59. The minimum atomic E-state index is -2.24. The van der Waals surface area contributed by atoms with Gasteiger partial charge in [0.2, 0.25) is 0 Å². The molecule has 0 heterocycles. The highest BCUT2D eigenvalue weighted by Crippen LogP contribution is 2.32. The largest absolute Gasteiger partial charge is 0.513 e. The van der Waals surface area contributed by atoms with Gasteiger partial charge in [-0.15, -0.1) is 0 Å². The molecule has 2 atom stereocenters. The van der Waals surface area contributed by atoms with Gasteiger partial charge in [-0.05, 0) is 55.7 Å². The average Bonchev–Trinajstić information content (AvgIpc) is 2.81. The Hall–Kier alpha value is -3.54. The summed E-state index contributed by atoms with van der Waals surface area (Å²) >= 11 is 0. The molecule has 1 rings (SSSR count). The molecule has 1 unspecified atom stereocenters. The van der Waals surface area contributed by atoms with Gasteiger partial charge in [-0.3, -0.25) is 5.32 Å². The molecule has 0 saturated heterocycles. The number of nitrogens with one attached hydrogen (secondary N) is 1. The second-order valence-electron chi connectivity index (χ2n) is 12.5. The van der Waals surface area contributed by atoms with Crippen LogP contribution in [-0.4, -0.2) is 60.6 Å². The van der Waals surface area contributed by atoms with Crippen LogP contribution in [0.2, 0.25) is 0 Å². The van der Waals surface area contributed by atoms with Crippen LogP contribution < -0.4 is 14.8 Å². The van der Waals surface area contributed by atoms with E-state index in [0.717, 1.165) is 0 Å². The van der Waals surface area contributed by atoms with Crippen molar-refractivity contribution < 1.29 is 52.7 Å². The van der Waals surface area contributed by atoms with E-state index in [4.69, 9.17) is 28.4 Å². The minimum Gasteiger partial charge on any atom is -0.477 e.